The number of thioether (sulfide) groups is 1. The molecule has 2 aliphatic rings. The van der Waals surface area contributed by atoms with Gasteiger partial charge in [-0.15, -0.1) is 0 Å². The summed E-state index contributed by atoms with van der Waals surface area (Å²) in [6.45, 7) is 10.5. The van der Waals surface area contributed by atoms with Gasteiger partial charge in [0.2, 0.25) is 17.7 Å². The van der Waals surface area contributed by atoms with Crippen LogP contribution in [0.2, 0.25) is 0 Å². The molecule has 0 unspecified atom stereocenters. The number of hydrogen-bond donors (Lipinski definition) is 3. The first-order valence-electron chi connectivity index (χ1n) is 19.4. The Morgan fingerprint density at radius 1 is 0.897 bits per heavy atom. The van der Waals surface area contributed by atoms with Crippen LogP contribution in [0, 0.1) is 0 Å². The first-order valence-corrected chi connectivity index (χ1v) is 20.7. The molecule has 3 N–H and O–H groups in total. The van der Waals surface area contributed by atoms with Crippen molar-refractivity contribution in [1.82, 2.24) is 20.4 Å². The van der Waals surface area contributed by atoms with Gasteiger partial charge in [0.25, 0.3) is 5.91 Å². The van der Waals surface area contributed by atoms with Crippen LogP contribution in [0.5, 0.6) is 0 Å². The lowest BCUT2D eigenvalue weighted by atomic mass is 9.87. The second-order valence-electron chi connectivity index (χ2n) is 16.4. The summed E-state index contributed by atoms with van der Waals surface area (Å²) in [6, 6.07) is 16.3. The second-order valence-corrected chi connectivity index (χ2v) is 17.8. The topological polar surface area (TPSA) is 163 Å². The van der Waals surface area contributed by atoms with Gasteiger partial charge in [-0.1, -0.05) is 30.3 Å². The number of aryl methyl sites for hydroxylation is 1. The van der Waals surface area contributed by atoms with Crippen LogP contribution in [-0.4, -0.2) is 94.4 Å². The number of rotatable bonds is 11. The summed E-state index contributed by atoms with van der Waals surface area (Å²) in [5, 5.41) is 9.09. The van der Waals surface area contributed by atoms with E-state index in [-0.39, 0.29) is 24.9 Å². The smallest absolute Gasteiger partial charge is 0.410 e. The van der Waals surface area contributed by atoms with Gasteiger partial charge in [-0.05, 0) is 126 Å². The number of benzene rings is 3. The summed E-state index contributed by atoms with van der Waals surface area (Å²) in [5.41, 5.74) is 4.15. The molecule has 5 amide bonds. The van der Waals surface area contributed by atoms with Crippen molar-refractivity contribution >= 4 is 53.1 Å². The maximum atomic E-state index is 15.0. The molecule has 0 radical (unpaired) electrons. The Hall–Kier alpha value is -5.37. The first-order chi connectivity index (χ1) is 27.3. The number of nitrogens with zero attached hydrogens (tertiary/aromatic N) is 2. The molecule has 0 spiro atoms. The van der Waals surface area contributed by atoms with Gasteiger partial charge in [0.05, 0.1) is 18.7 Å². The van der Waals surface area contributed by atoms with Crippen LogP contribution in [0.25, 0.3) is 0 Å². The SMILES string of the molecule is COC(=O)c1ccc(C(=O)Nc2ccc3c(c2)CN(C(=O)[C@@H](NC(=O)[C@H](C)N(C)C(=O)OC(C)(C)C)C(C)(C)SC)[C@H](C(=O)N[C@@H]2CCCc4ccccc42)C3)cc1. The van der Waals surface area contributed by atoms with Crippen molar-refractivity contribution in [2.45, 2.75) is 108 Å². The van der Waals surface area contributed by atoms with E-state index >= 15 is 4.79 Å². The average molecular weight is 814 g/mol. The molecule has 3 aromatic rings. The van der Waals surface area contributed by atoms with E-state index in [0.29, 0.717) is 16.8 Å². The fourth-order valence-electron chi connectivity index (χ4n) is 7.13. The summed E-state index contributed by atoms with van der Waals surface area (Å²) in [6.07, 6.45) is 3.95. The maximum absolute atomic E-state index is 15.0. The maximum Gasteiger partial charge on any atom is 0.410 e. The molecule has 58 heavy (non-hydrogen) atoms. The van der Waals surface area contributed by atoms with E-state index in [1.165, 1.54) is 65.5 Å². The number of esters is 1. The Morgan fingerprint density at radius 3 is 2.22 bits per heavy atom. The number of ether oxygens (including phenoxy) is 2. The molecular formula is C44H55N5O8S. The molecule has 0 bridgehead atoms. The molecule has 1 heterocycles. The Morgan fingerprint density at radius 2 is 1.57 bits per heavy atom. The van der Waals surface area contributed by atoms with E-state index in [1.807, 2.05) is 44.4 Å². The number of nitrogens with one attached hydrogen (secondary N) is 3. The van der Waals surface area contributed by atoms with E-state index in [9.17, 15) is 24.0 Å². The normalized spacial score (nSPS) is 17.4. The Bertz CT molecular complexity index is 2050. The average Bonchev–Trinajstić information content (AvgIpc) is 3.20. The molecule has 0 aromatic heterocycles. The Labute approximate surface area is 345 Å². The lowest BCUT2D eigenvalue weighted by molar-refractivity contribution is -0.145. The van der Waals surface area contributed by atoms with Crippen LogP contribution in [0.15, 0.2) is 66.7 Å². The molecule has 1 aliphatic heterocycles. The van der Waals surface area contributed by atoms with Crippen molar-refractivity contribution in [2.24, 2.45) is 0 Å². The van der Waals surface area contributed by atoms with Crippen molar-refractivity contribution in [3.63, 3.8) is 0 Å². The van der Waals surface area contributed by atoms with E-state index in [0.717, 1.165) is 36.0 Å². The highest BCUT2D eigenvalue weighted by atomic mass is 32.2. The van der Waals surface area contributed by atoms with Crippen molar-refractivity contribution in [3.8, 4) is 0 Å². The highest BCUT2D eigenvalue weighted by Crippen LogP contribution is 2.34. The minimum absolute atomic E-state index is 0.0231. The second kappa shape index (κ2) is 18.0. The molecule has 0 saturated heterocycles. The summed E-state index contributed by atoms with van der Waals surface area (Å²) in [7, 11) is 2.75. The number of likely N-dealkylation sites (N-methyl/N-ethyl adjacent to an activating group) is 1. The van der Waals surface area contributed by atoms with Crippen molar-refractivity contribution in [3.05, 3.63) is 100 Å². The zero-order chi connectivity index (χ0) is 42.5. The molecule has 3 aromatic carbocycles. The zero-order valence-corrected chi connectivity index (χ0v) is 35.6. The summed E-state index contributed by atoms with van der Waals surface area (Å²) in [5.74, 6) is -2.24. The number of methoxy groups -OCH3 is 1. The molecule has 13 nitrogen and oxygen atoms in total. The fourth-order valence-corrected chi connectivity index (χ4v) is 7.52. The van der Waals surface area contributed by atoms with Crippen LogP contribution in [0.3, 0.4) is 0 Å². The molecular weight excluding hydrogens is 759 g/mol. The largest absolute Gasteiger partial charge is 0.465 e. The van der Waals surface area contributed by atoms with E-state index < -0.39 is 58.3 Å². The van der Waals surface area contributed by atoms with Crippen LogP contribution >= 0.6 is 11.8 Å². The van der Waals surface area contributed by atoms with Crippen molar-refractivity contribution < 1.29 is 38.2 Å². The third-order valence-corrected chi connectivity index (χ3v) is 12.1. The quantitative estimate of drug-likeness (QED) is 0.196. The Balaban J connectivity index is 1.45. The zero-order valence-electron chi connectivity index (χ0n) is 34.8. The molecule has 14 heteroatoms. The lowest BCUT2D eigenvalue weighted by Gasteiger charge is -2.42. The molecule has 310 valence electrons. The van der Waals surface area contributed by atoms with Crippen LogP contribution in [-0.2, 0) is 43.2 Å². The molecule has 0 saturated carbocycles. The minimum atomic E-state index is -1.10. The van der Waals surface area contributed by atoms with Gasteiger partial charge in [-0.3, -0.25) is 24.1 Å². The third kappa shape index (κ3) is 10.2. The summed E-state index contributed by atoms with van der Waals surface area (Å²) >= 11 is 1.39. The number of amides is 5. The van der Waals surface area contributed by atoms with Crippen LogP contribution in [0.1, 0.15) is 103 Å². The van der Waals surface area contributed by atoms with Gasteiger partial charge in [-0.2, -0.15) is 11.8 Å². The number of fused-ring (bicyclic) bond motifs is 2. The van der Waals surface area contributed by atoms with E-state index in [4.69, 9.17) is 9.47 Å². The standard InChI is InChI=1S/C44H55N5O8S/c1-26(48(7)42(55)57-43(2,3)4)37(50)47-36(44(5,6)58-9)40(53)49-25-31-23-32(45-38(51)28-17-19-29(20-18-28)41(54)56-8)22-21-30(31)24-35(49)39(52)46-34-16-12-14-27-13-10-11-15-33(27)34/h10-11,13,15,17-23,26,34-36H,12,14,16,24-25H2,1-9H3,(H,45,51)(H,46,52)(H,47,50)/t26-,34+,35-,36+/m0/s1. The minimum Gasteiger partial charge on any atom is -0.465 e. The number of anilines is 1. The van der Waals surface area contributed by atoms with Crippen molar-refractivity contribution in [2.75, 3.05) is 25.7 Å². The van der Waals surface area contributed by atoms with E-state index in [2.05, 4.69) is 22.0 Å². The highest BCUT2D eigenvalue weighted by molar-refractivity contribution is 8.00. The van der Waals surface area contributed by atoms with Gasteiger partial charge in [-0.25, -0.2) is 9.59 Å². The molecule has 1 aliphatic carbocycles. The number of hydrogen-bond acceptors (Lipinski definition) is 9. The van der Waals surface area contributed by atoms with Gasteiger partial charge < -0.3 is 30.3 Å². The highest BCUT2D eigenvalue weighted by Gasteiger charge is 2.45. The predicted molar refractivity (Wildman–Crippen MR) is 223 cm³/mol. The molecule has 5 rings (SSSR count). The van der Waals surface area contributed by atoms with Gasteiger partial charge in [0, 0.05) is 36.0 Å². The lowest BCUT2D eigenvalue weighted by Crippen LogP contribution is -2.63. The summed E-state index contributed by atoms with van der Waals surface area (Å²) < 4.78 is 9.39. The number of carbonyl (C=O) groups excluding carboxylic acids is 6. The Kier molecular flexibility index (Phi) is 13.6. The monoisotopic (exact) mass is 813 g/mol. The van der Waals surface area contributed by atoms with Crippen LogP contribution < -0.4 is 16.0 Å². The van der Waals surface area contributed by atoms with Gasteiger partial charge in [0.1, 0.15) is 23.7 Å². The van der Waals surface area contributed by atoms with Gasteiger partial charge in [0.15, 0.2) is 0 Å². The fraction of sp³-hybridized carbons (Fsp3) is 0.455. The van der Waals surface area contributed by atoms with Crippen molar-refractivity contribution in [1.29, 1.82) is 0 Å². The van der Waals surface area contributed by atoms with Gasteiger partial charge >= 0.3 is 12.1 Å². The van der Waals surface area contributed by atoms with Crippen LogP contribution in [0.4, 0.5) is 10.5 Å². The predicted octanol–water partition coefficient (Wildman–Crippen LogP) is 6.05. The molecule has 0 fully saturated rings. The number of carbonyl (C=O) groups is 6. The summed E-state index contributed by atoms with van der Waals surface area (Å²) in [4.78, 5) is 84.1. The van der Waals surface area contributed by atoms with E-state index in [1.54, 1.807) is 39.8 Å². The first kappa shape index (κ1) is 43.7. The molecule has 4 atom stereocenters. The third-order valence-electron chi connectivity index (χ3n) is 10.8.